The fourth-order valence-corrected chi connectivity index (χ4v) is 3.65. The van der Waals surface area contributed by atoms with Crippen LogP contribution in [0.2, 0.25) is 0 Å². The maximum atomic E-state index is 6.20. The second kappa shape index (κ2) is 5.98. The number of nitrogens with zero attached hydrogens (tertiary/aromatic N) is 1. The fraction of sp³-hybridized carbons (Fsp3) is 0.714. The van der Waals surface area contributed by atoms with Crippen LogP contribution in [0.5, 0.6) is 0 Å². The van der Waals surface area contributed by atoms with E-state index in [1.54, 1.807) is 0 Å². The first-order valence-corrected chi connectivity index (χ1v) is 7.63. The first kappa shape index (κ1) is 13.1. The third-order valence-electron chi connectivity index (χ3n) is 3.85. The van der Waals surface area contributed by atoms with Crippen molar-refractivity contribution in [2.24, 2.45) is 11.7 Å². The monoisotopic (exact) mass is 252 g/mol. The fourth-order valence-electron chi connectivity index (χ4n) is 2.68. The molecule has 1 aliphatic rings. The molecule has 2 nitrogen and oxygen atoms in total. The van der Waals surface area contributed by atoms with E-state index < -0.39 is 0 Å². The zero-order chi connectivity index (χ0) is 12.3. The first-order chi connectivity index (χ1) is 8.22. The summed E-state index contributed by atoms with van der Waals surface area (Å²) in [5, 5.41) is 2.15. The van der Waals surface area contributed by atoms with Crippen LogP contribution >= 0.6 is 11.3 Å². The Hall–Kier alpha value is -0.380. The molecule has 2 rings (SSSR count). The number of rotatable bonds is 6. The summed E-state index contributed by atoms with van der Waals surface area (Å²) in [5.74, 6) is 0.913. The molecule has 2 N–H and O–H groups in total. The van der Waals surface area contributed by atoms with E-state index in [-0.39, 0.29) is 6.04 Å². The highest BCUT2D eigenvalue weighted by Gasteiger charge is 2.28. The van der Waals surface area contributed by atoms with E-state index in [1.165, 1.54) is 30.7 Å². The molecule has 0 bridgehead atoms. The molecule has 2 unspecified atom stereocenters. The van der Waals surface area contributed by atoms with Gasteiger partial charge in [-0.1, -0.05) is 19.4 Å². The molecular formula is C14H24N2S. The zero-order valence-corrected chi connectivity index (χ0v) is 11.7. The molecule has 0 aliphatic heterocycles. The van der Waals surface area contributed by atoms with Crippen LogP contribution in [-0.4, -0.2) is 24.0 Å². The van der Waals surface area contributed by atoms with Gasteiger partial charge in [-0.05, 0) is 43.7 Å². The third-order valence-corrected chi connectivity index (χ3v) is 4.79. The highest BCUT2D eigenvalue weighted by atomic mass is 32.1. The largest absolute Gasteiger partial charge is 0.326 e. The quantitative estimate of drug-likeness (QED) is 0.842. The van der Waals surface area contributed by atoms with Gasteiger partial charge in [0.15, 0.2) is 0 Å². The molecule has 17 heavy (non-hydrogen) atoms. The molecule has 0 spiro atoms. The van der Waals surface area contributed by atoms with Gasteiger partial charge in [-0.2, -0.15) is 0 Å². The average Bonchev–Trinajstić information content (AvgIpc) is 2.73. The summed E-state index contributed by atoms with van der Waals surface area (Å²) >= 11 is 1.83. The predicted octanol–water partition coefficient (Wildman–Crippen LogP) is 3.26. The summed E-state index contributed by atoms with van der Waals surface area (Å²) in [4.78, 5) is 3.99. The minimum atomic E-state index is 0.202. The van der Waals surface area contributed by atoms with Crippen LogP contribution in [0.3, 0.4) is 0 Å². The van der Waals surface area contributed by atoms with E-state index in [2.05, 4.69) is 36.3 Å². The van der Waals surface area contributed by atoms with E-state index in [0.717, 1.165) is 12.5 Å². The van der Waals surface area contributed by atoms with Crippen LogP contribution in [0, 0.1) is 5.92 Å². The van der Waals surface area contributed by atoms with Crippen molar-refractivity contribution >= 4 is 11.3 Å². The topological polar surface area (TPSA) is 29.3 Å². The molecule has 1 aromatic rings. The minimum Gasteiger partial charge on any atom is -0.326 e. The molecule has 0 aromatic carbocycles. The Morgan fingerprint density at radius 2 is 2.29 bits per heavy atom. The predicted molar refractivity (Wildman–Crippen MR) is 75.3 cm³/mol. The van der Waals surface area contributed by atoms with Gasteiger partial charge >= 0.3 is 0 Å². The Labute approximate surface area is 109 Å². The molecule has 1 fully saturated rings. The molecule has 0 radical (unpaired) electrons. The standard InChI is InChI=1S/C14H24N2S/c1-3-16(10-12-6-4-7-12)14(11(2)15)13-8-5-9-17-13/h5,8-9,11-12,14H,3-4,6-7,10,15H2,1-2H3. The smallest absolute Gasteiger partial charge is 0.0590 e. The Morgan fingerprint density at radius 1 is 1.53 bits per heavy atom. The van der Waals surface area contributed by atoms with Crippen LogP contribution in [0.15, 0.2) is 17.5 Å². The van der Waals surface area contributed by atoms with Crippen molar-refractivity contribution < 1.29 is 0 Å². The van der Waals surface area contributed by atoms with Crippen molar-refractivity contribution in [3.8, 4) is 0 Å². The van der Waals surface area contributed by atoms with Gasteiger partial charge in [0.2, 0.25) is 0 Å². The van der Waals surface area contributed by atoms with Gasteiger partial charge in [0, 0.05) is 17.5 Å². The summed E-state index contributed by atoms with van der Waals surface area (Å²) in [7, 11) is 0. The SMILES string of the molecule is CCN(CC1CCC1)C(c1cccs1)C(C)N. The van der Waals surface area contributed by atoms with Crippen LogP contribution < -0.4 is 5.73 Å². The molecule has 1 aromatic heterocycles. The van der Waals surface area contributed by atoms with Gasteiger partial charge < -0.3 is 5.73 Å². The van der Waals surface area contributed by atoms with Gasteiger partial charge in [0.25, 0.3) is 0 Å². The molecular weight excluding hydrogens is 228 g/mol. The summed E-state index contributed by atoms with van der Waals surface area (Å²) in [6.07, 6.45) is 4.24. The van der Waals surface area contributed by atoms with Crippen LogP contribution in [0.25, 0.3) is 0 Å². The summed E-state index contributed by atoms with van der Waals surface area (Å²) < 4.78 is 0. The van der Waals surface area contributed by atoms with Crippen LogP contribution in [0.1, 0.15) is 44.0 Å². The number of likely N-dealkylation sites (N-methyl/N-ethyl adjacent to an activating group) is 1. The molecule has 1 saturated carbocycles. The Morgan fingerprint density at radius 3 is 2.71 bits per heavy atom. The Kier molecular flexibility index (Phi) is 4.60. The van der Waals surface area contributed by atoms with Gasteiger partial charge in [0.05, 0.1) is 6.04 Å². The lowest BCUT2D eigenvalue weighted by Crippen LogP contribution is -2.42. The molecule has 0 saturated heterocycles. The van der Waals surface area contributed by atoms with Crippen LogP contribution in [0.4, 0.5) is 0 Å². The lowest BCUT2D eigenvalue weighted by Gasteiger charge is -2.38. The van der Waals surface area contributed by atoms with E-state index in [0.29, 0.717) is 6.04 Å². The zero-order valence-electron chi connectivity index (χ0n) is 10.9. The Balaban J connectivity index is 2.06. The Bertz CT molecular complexity index is 317. The minimum absolute atomic E-state index is 0.202. The van der Waals surface area contributed by atoms with Crippen molar-refractivity contribution in [3.05, 3.63) is 22.4 Å². The normalized spacial score (nSPS) is 20.2. The maximum absolute atomic E-state index is 6.20. The van der Waals surface area contributed by atoms with Crippen molar-refractivity contribution in [1.29, 1.82) is 0 Å². The van der Waals surface area contributed by atoms with Crippen molar-refractivity contribution in [2.75, 3.05) is 13.1 Å². The number of hydrogen-bond acceptors (Lipinski definition) is 3. The van der Waals surface area contributed by atoms with E-state index >= 15 is 0 Å². The van der Waals surface area contributed by atoms with Crippen molar-refractivity contribution in [1.82, 2.24) is 4.90 Å². The molecule has 1 aliphatic carbocycles. The summed E-state index contributed by atoms with van der Waals surface area (Å²) in [6.45, 7) is 6.71. The van der Waals surface area contributed by atoms with Crippen LogP contribution in [-0.2, 0) is 0 Å². The average molecular weight is 252 g/mol. The highest BCUT2D eigenvalue weighted by Crippen LogP contribution is 2.32. The second-order valence-corrected chi connectivity index (χ2v) is 6.18. The second-order valence-electron chi connectivity index (χ2n) is 5.20. The third kappa shape index (κ3) is 3.09. The number of hydrogen-bond donors (Lipinski definition) is 1. The van der Waals surface area contributed by atoms with Gasteiger partial charge in [-0.15, -0.1) is 11.3 Å². The summed E-state index contributed by atoms with van der Waals surface area (Å²) in [6, 6.07) is 4.96. The van der Waals surface area contributed by atoms with E-state index in [4.69, 9.17) is 5.73 Å². The maximum Gasteiger partial charge on any atom is 0.0590 e. The van der Waals surface area contributed by atoms with Gasteiger partial charge in [-0.25, -0.2) is 0 Å². The highest BCUT2D eigenvalue weighted by molar-refractivity contribution is 7.10. The lowest BCUT2D eigenvalue weighted by molar-refractivity contribution is 0.127. The molecule has 1 heterocycles. The van der Waals surface area contributed by atoms with Crippen molar-refractivity contribution in [3.63, 3.8) is 0 Å². The number of thiophene rings is 1. The van der Waals surface area contributed by atoms with E-state index in [1.807, 2.05) is 11.3 Å². The molecule has 3 heteroatoms. The molecule has 96 valence electrons. The lowest BCUT2D eigenvalue weighted by atomic mass is 9.84. The van der Waals surface area contributed by atoms with Gasteiger partial charge in [-0.3, -0.25) is 4.90 Å². The molecule has 2 atom stereocenters. The van der Waals surface area contributed by atoms with Crippen molar-refractivity contribution in [2.45, 2.75) is 45.2 Å². The molecule has 0 amide bonds. The first-order valence-electron chi connectivity index (χ1n) is 6.75. The number of nitrogens with two attached hydrogens (primary N) is 1. The van der Waals surface area contributed by atoms with E-state index in [9.17, 15) is 0 Å². The van der Waals surface area contributed by atoms with Gasteiger partial charge in [0.1, 0.15) is 0 Å². The summed E-state index contributed by atoms with van der Waals surface area (Å²) in [5.41, 5.74) is 6.20.